The number of carbonyl (C=O) groups is 1. The maximum absolute atomic E-state index is 13.6. The summed E-state index contributed by atoms with van der Waals surface area (Å²) in [7, 11) is 1.47. The number of ether oxygens (including phenoxy) is 1. The van der Waals surface area contributed by atoms with Gasteiger partial charge in [0.1, 0.15) is 11.6 Å². The van der Waals surface area contributed by atoms with Crippen molar-refractivity contribution in [3.05, 3.63) is 72.7 Å². The largest absolute Gasteiger partial charge is 0.494 e. The molecule has 0 bridgehead atoms. The van der Waals surface area contributed by atoms with Crippen LogP contribution in [0, 0.1) is 5.82 Å². The molecule has 0 saturated carbocycles. The zero-order valence-corrected chi connectivity index (χ0v) is 14.4. The van der Waals surface area contributed by atoms with Crippen LogP contribution in [0.4, 0.5) is 32.1 Å². The molecule has 0 saturated heterocycles. The molecule has 1 aromatic heterocycles. The molecule has 3 aromatic rings. The fourth-order valence-electron chi connectivity index (χ4n) is 2.21. The van der Waals surface area contributed by atoms with Crippen LogP contribution in [0.5, 0.6) is 5.75 Å². The van der Waals surface area contributed by atoms with Crippen LogP contribution < -0.4 is 15.4 Å². The molecule has 2 amide bonds. The predicted molar refractivity (Wildman–Crippen MR) is 100 cm³/mol. The third-order valence-corrected chi connectivity index (χ3v) is 3.47. The highest BCUT2D eigenvalue weighted by Crippen LogP contribution is 2.30. The number of para-hydroxylation sites is 1. The number of hydrogen-bond donors (Lipinski definition) is 2. The number of carbonyl (C=O) groups excluding carboxylic acids is 1. The highest BCUT2D eigenvalue weighted by molar-refractivity contribution is 6.00. The third-order valence-electron chi connectivity index (χ3n) is 3.47. The molecule has 0 atom stereocenters. The summed E-state index contributed by atoms with van der Waals surface area (Å²) in [5.74, 6) is 0.337. The number of benzene rings is 2. The molecule has 0 aliphatic rings. The number of pyridine rings is 1. The Kier molecular flexibility index (Phi) is 5.68. The van der Waals surface area contributed by atoms with Crippen molar-refractivity contribution >= 4 is 28.9 Å². The summed E-state index contributed by atoms with van der Waals surface area (Å²) in [5, 5.41) is 13.2. The van der Waals surface area contributed by atoms with Gasteiger partial charge < -0.3 is 15.4 Å². The number of methoxy groups -OCH3 is 1. The predicted octanol–water partition coefficient (Wildman–Crippen LogP) is 5.29. The van der Waals surface area contributed by atoms with E-state index in [9.17, 15) is 9.18 Å². The van der Waals surface area contributed by atoms with Gasteiger partial charge >= 0.3 is 6.03 Å². The minimum absolute atomic E-state index is 0.0785. The van der Waals surface area contributed by atoms with Gasteiger partial charge in [0, 0.05) is 12.3 Å². The molecule has 1 heterocycles. The summed E-state index contributed by atoms with van der Waals surface area (Å²) in [4.78, 5) is 16.2. The molecule has 0 aliphatic heterocycles. The van der Waals surface area contributed by atoms with E-state index in [-0.39, 0.29) is 5.69 Å². The van der Waals surface area contributed by atoms with Crippen molar-refractivity contribution in [3.8, 4) is 5.75 Å². The van der Waals surface area contributed by atoms with Gasteiger partial charge in [0.15, 0.2) is 5.82 Å². The van der Waals surface area contributed by atoms with Gasteiger partial charge in [0.25, 0.3) is 0 Å². The molecular formula is C19H16FN5O2. The summed E-state index contributed by atoms with van der Waals surface area (Å²) in [6, 6.07) is 15.5. The van der Waals surface area contributed by atoms with Gasteiger partial charge in [-0.25, -0.2) is 14.2 Å². The van der Waals surface area contributed by atoms with Crippen LogP contribution in [0.25, 0.3) is 0 Å². The first-order chi connectivity index (χ1) is 13.2. The van der Waals surface area contributed by atoms with Gasteiger partial charge in [0.05, 0.1) is 24.2 Å². The molecular weight excluding hydrogens is 349 g/mol. The van der Waals surface area contributed by atoms with Crippen LogP contribution in [0.2, 0.25) is 0 Å². The topological polar surface area (TPSA) is 88.0 Å². The Morgan fingerprint density at radius 1 is 1.00 bits per heavy atom. The summed E-state index contributed by atoms with van der Waals surface area (Å²) in [6.45, 7) is 0. The number of anilines is 2. The summed E-state index contributed by atoms with van der Waals surface area (Å²) in [6.07, 6.45) is 1.62. The standard InChI is InChI=1S/C19H16FN5O2/c1-27-17-12-13(24-25-18-8-4-5-11-21-18)9-10-16(17)23-19(26)22-15-7-3-2-6-14(15)20/h2-12H,1H3,(H2,22,23,26)/b25-24-. The summed E-state index contributed by atoms with van der Waals surface area (Å²) >= 11 is 0. The third kappa shape index (κ3) is 4.85. The minimum atomic E-state index is -0.596. The zero-order chi connectivity index (χ0) is 19.1. The van der Waals surface area contributed by atoms with Crippen LogP contribution >= 0.6 is 0 Å². The molecule has 0 unspecified atom stereocenters. The van der Waals surface area contributed by atoms with Crippen molar-refractivity contribution in [2.24, 2.45) is 10.2 Å². The first-order valence-corrected chi connectivity index (χ1v) is 7.99. The van der Waals surface area contributed by atoms with Gasteiger partial charge in [-0.2, -0.15) is 0 Å². The molecule has 0 spiro atoms. The maximum Gasteiger partial charge on any atom is 0.323 e. The van der Waals surface area contributed by atoms with Gasteiger partial charge in [-0.05, 0) is 36.4 Å². The number of nitrogens with zero attached hydrogens (tertiary/aromatic N) is 3. The van der Waals surface area contributed by atoms with Gasteiger partial charge in [-0.3, -0.25) is 0 Å². The first-order valence-electron chi connectivity index (χ1n) is 7.99. The SMILES string of the molecule is COc1cc(/N=N\c2ccccn2)ccc1NC(=O)Nc1ccccc1F. The second kappa shape index (κ2) is 8.52. The molecule has 0 radical (unpaired) electrons. The van der Waals surface area contributed by atoms with Crippen LogP contribution in [0.3, 0.4) is 0 Å². The number of halogens is 1. The lowest BCUT2D eigenvalue weighted by molar-refractivity contribution is 0.262. The van der Waals surface area contributed by atoms with Crippen molar-refractivity contribution in [2.45, 2.75) is 0 Å². The van der Waals surface area contributed by atoms with Crippen LogP contribution in [-0.2, 0) is 0 Å². The zero-order valence-electron chi connectivity index (χ0n) is 14.4. The molecule has 3 rings (SSSR count). The van der Waals surface area contributed by atoms with Gasteiger partial charge in [-0.1, -0.05) is 18.2 Å². The van der Waals surface area contributed by atoms with E-state index < -0.39 is 11.8 Å². The Labute approximate surface area is 154 Å². The molecule has 27 heavy (non-hydrogen) atoms. The van der Waals surface area contributed by atoms with Crippen molar-refractivity contribution in [1.29, 1.82) is 0 Å². The van der Waals surface area contributed by atoms with Crippen LogP contribution in [0.15, 0.2) is 77.1 Å². The monoisotopic (exact) mass is 365 g/mol. The first kappa shape index (κ1) is 18.0. The summed E-state index contributed by atoms with van der Waals surface area (Å²) in [5.41, 5.74) is 1.01. The van der Waals surface area contributed by atoms with E-state index in [1.807, 2.05) is 6.07 Å². The molecule has 0 fully saturated rings. The second-order valence-electron chi connectivity index (χ2n) is 5.33. The fourth-order valence-corrected chi connectivity index (χ4v) is 2.21. The van der Waals surface area contributed by atoms with E-state index in [1.54, 1.807) is 48.7 Å². The normalized spacial score (nSPS) is 10.6. The van der Waals surface area contributed by atoms with Crippen LogP contribution in [-0.4, -0.2) is 18.1 Å². The number of azo groups is 1. The van der Waals surface area contributed by atoms with E-state index >= 15 is 0 Å². The number of hydrogen-bond acceptors (Lipinski definition) is 5. The number of urea groups is 1. The highest BCUT2D eigenvalue weighted by Gasteiger charge is 2.10. The van der Waals surface area contributed by atoms with Crippen molar-refractivity contribution < 1.29 is 13.9 Å². The number of amides is 2. The Hall–Kier alpha value is -3.81. The Balaban J connectivity index is 1.71. The fraction of sp³-hybridized carbons (Fsp3) is 0.0526. The lowest BCUT2D eigenvalue weighted by Gasteiger charge is -2.12. The average molecular weight is 365 g/mol. The van der Waals surface area contributed by atoms with Crippen molar-refractivity contribution in [3.63, 3.8) is 0 Å². The number of aromatic nitrogens is 1. The van der Waals surface area contributed by atoms with Gasteiger partial charge in [-0.15, -0.1) is 10.2 Å². The maximum atomic E-state index is 13.6. The molecule has 2 aromatic carbocycles. The minimum Gasteiger partial charge on any atom is -0.494 e. The lowest BCUT2D eigenvalue weighted by atomic mass is 10.2. The van der Waals surface area contributed by atoms with Crippen molar-refractivity contribution in [1.82, 2.24) is 4.98 Å². The number of rotatable bonds is 5. The Morgan fingerprint density at radius 2 is 1.78 bits per heavy atom. The van der Waals surface area contributed by atoms with Crippen LogP contribution in [0.1, 0.15) is 0 Å². The van der Waals surface area contributed by atoms with E-state index in [0.29, 0.717) is 22.9 Å². The van der Waals surface area contributed by atoms with Gasteiger partial charge in [0.2, 0.25) is 0 Å². The van der Waals surface area contributed by atoms with E-state index in [4.69, 9.17) is 4.74 Å². The van der Waals surface area contributed by atoms with E-state index in [1.165, 1.54) is 19.2 Å². The molecule has 8 heteroatoms. The molecule has 0 aliphatic carbocycles. The van der Waals surface area contributed by atoms with E-state index in [0.717, 1.165) is 0 Å². The van der Waals surface area contributed by atoms with Crippen molar-refractivity contribution in [2.75, 3.05) is 17.7 Å². The summed E-state index contributed by atoms with van der Waals surface area (Å²) < 4.78 is 18.9. The number of nitrogens with one attached hydrogen (secondary N) is 2. The Bertz CT molecular complexity index is 963. The lowest BCUT2D eigenvalue weighted by Crippen LogP contribution is -2.20. The molecule has 7 nitrogen and oxygen atoms in total. The van der Waals surface area contributed by atoms with E-state index in [2.05, 4.69) is 25.8 Å². The smallest absolute Gasteiger partial charge is 0.323 e. The second-order valence-corrected chi connectivity index (χ2v) is 5.33. The molecule has 136 valence electrons. The molecule has 2 N–H and O–H groups in total. The highest BCUT2D eigenvalue weighted by atomic mass is 19.1. The Morgan fingerprint density at radius 3 is 2.52 bits per heavy atom. The average Bonchev–Trinajstić information content (AvgIpc) is 2.69. The quantitative estimate of drug-likeness (QED) is 0.602.